The fourth-order valence-corrected chi connectivity index (χ4v) is 6.60. The topological polar surface area (TPSA) is 99.7 Å². The molecule has 6 rings (SSSR count). The van der Waals surface area contributed by atoms with Crippen molar-refractivity contribution >= 4 is 11.8 Å². The van der Waals surface area contributed by atoms with E-state index in [2.05, 4.69) is 57.9 Å². The van der Waals surface area contributed by atoms with Crippen molar-refractivity contribution in [2.24, 2.45) is 28.9 Å². The molecule has 5 atom stereocenters. The van der Waals surface area contributed by atoms with Gasteiger partial charge in [0.2, 0.25) is 5.95 Å². The van der Waals surface area contributed by atoms with Crippen molar-refractivity contribution in [3.05, 3.63) is 47.2 Å². The van der Waals surface area contributed by atoms with Crippen LogP contribution in [0.5, 0.6) is 0 Å². The molecule has 162 valence electrons. The van der Waals surface area contributed by atoms with Crippen molar-refractivity contribution in [1.29, 1.82) is 5.26 Å². The third kappa shape index (κ3) is 3.99. The van der Waals surface area contributed by atoms with E-state index in [1.165, 1.54) is 43.2 Å². The minimum Gasteiger partial charge on any atom is -0.368 e. The Labute approximate surface area is 184 Å². The molecule has 1 aromatic heterocycles. The van der Waals surface area contributed by atoms with E-state index in [0.717, 1.165) is 25.4 Å². The molecule has 0 saturated heterocycles. The largest absolute Gasteiger partial charge is 0.368 e. The van der Waals surface area contributed by atoms with Crippen molar-refractivity contribution in [3.63, 3.8) is 0 Å². The maximum Gasteiger partial charge on any atom is 0.224 e. The minimum absolute atomic E-state index is 0.308. The molecule has 4 aliphatic rings. The summed E-state index contributed by atoms with van der Waals surface area (Å²) < 4.78 is 0. The predicted molar refractivity (Wildman–Crippen MR) is 123 cm³/mol. The van der Waals surface area contributed by atoms with Gasteiger partial charge in [-0.2, -0.15) is 10.2 Å². The predicted octanol–water partition coefficient (Wildman–Crippen LogP) is 3.88. The lowest BCUT2D eigenvalue weighted by molar-refractivity contribution is -0.0591. The molecule has 6 nitrogen and oxygen atoms in total. The maximum atomic E-state index is 9.55. The molecule has 4 N–H and O–H groups in total. The number of anilines is 2. The summed E-state index contributed by atoms with van der Waals surface area (Å²) in [4.78, 5) is 9.00. The van der Waals surface area contributed by atoms with Gasteiger partial charge in [0, 0.05) is 19.1 Å². The number of aromatic nitrogens is 2. The number of nitrogens with two attached hydrogens (primary N) is 1. The van der Waals surface area contributed by atoms with Gasteiger partial charge < -0.3 is 16.4 Å². The van der Waals surface area contributed by atoms with Gasteiger partial charge in [-0.1, -0.05) is 24.3 Å². The summed E-state index contributed by atoms with van der Waals surface area (Å²) in [7, 11) is 0. The molecule has 4 fully saturated rings. The molecular weight excluding hydrogens is 384 g/mol. The van der Waals surface area contributed by atoms with E-state index in [-0.39, 0.29) is 0 Å². The third-order valence-electron chi connectivity index (χ3n) is 7.95. The Kier molecular flexibility index (Phi) is 5.31. The Hall–Kier alpha value is -2.65. The molecule has 2 aromatic rings. The summed E-state index contributed by atoms with van der Waals surface area (Å²) in [5.41, 5.74) is 9.93. The standard InChI is InChI=1S/C25H32N6/c1-16-4-2-3-5-18(16)6-7-28-24-29-14-21(13-26)23(31-24)30-15-25-10-17-8-19(11-25)22(27)20(9-17)12-25/h2-5,14,17,19-20,22H,6-12,15,27H2,1H3,(H2,28,29,30,31)/t17?,19-,20+,22-,25-. The Morgan fingerprint density at radius 2 is 1.94 bits per heavy atom. The van der Waals surface area contributed by atoms with Crippen molar-refractivity contribution in [3.8, 4) is 6.07 Å². The Bertz CT molecular complexity index is 980. The average molecular weight is 417 g/mol. The van der Waals surface area contributed by atoms with E-state index in [0.29, 0.717) is 40.6 Å². The molecule has 4 bridgehead atoms. The Morgan fingerprint density at radius 1 is 1.16 bits per heavy atom. The number of rotatable bonds is 7. The first-order valence-electron chi connectivity index (χ1n) is 11.6. The van der Waals surface area contributed by atoms with Gasteiger partial charge >= 0.3 is 0 Å². The van der Waals surface area contributed by atoms with E-state index < -0.39 is 0 Å². The molecule has 0 radical (unpaired) electrons. The summed E-state index contributed by atoms with van der Waals surface area (Å²) in [6.07, 6.45) is 8.86. The normalized spacial score (nSPS) is 30.7. The summed E-state index contributed by atoms with van der Waals surface area (Å²) in [6.45, 7) is 3.76. The highest BCUT2D eigenvalue weighted by Gasteiger charge is 2.54. The maximum absolute atomic E-state index is 9.55. The van der Waals surface area contributed by atoms with Gasteiger partial charge in [-0.05, 0) is 79.7 Å². The third-order valence-corrected chi connectivity index (χ3v) is 7.95. The van der Waals surface area contributed by atoms with E-state index in [4.69, 9.17) is 5.73 Å². The monoisotopic (exact) mass is 416 g/mol. The Morgan fingerprint density at radius 3 is 2.68 bits per heavy atom. The van der Waals surface area contributed by atoms with Gasteiger partial charge in [0.1, 0.15) is 17.5 Å². The van der Waals surface area contributed by atoms with Crippen molar-refractivity contribution in [2.45, 2.75) is 51.5 Å². The molecule has 0 aliphatic heterocycles. The first-order valence-corrected chi connectivity index (χ1v) is 11.6. The number of nitrogens with one attached hydrogen (secondary N) is 2. The van der Waals surface area contributed by atoms with Crippen LogP contribution in [0.15, 0.2) is 30.5 Å². The SMILES string of the molecule is Cc1ccccc1CCNc1ncc(C#N)c(NC[C@]23CC4C[C@H](C2)[C@@H](N)[C@@H](C4)C3)n1. The van der Waals surface area contributed by atoms with Crippen LogP contribution in [0.25, 0.3) is 0 Å². The van der Waals surface area contributed by atoms with Crippen LogP contribution >= 0.6 is 0 Å². The zero-order valence-electron chi connectivity index (χ0n) is 18.3. The Balaban J connectivity index is 1.24. The molecule has 0 amide bonds. The second-order valence-corrected chi connectivity index (χ2v) is 10.1. The van der Waals surface area contributed by atoms with Crippen LogP contribution in [0, 0.1) is 41.4 Å². The van der Waals surface area contributed by atoms with Crippen molar-refractivity contribution in [1.82, 2.24) is 9.97 Å². The van der Waals surface area contributed by atoms with E-state index in [1.807, 2.05) is 0 Å². The van der Waals surface area contributed by atoms with Crippen LogP contribution in [0.3, 0.4) is 0 Å². The number of aryl methyl sites for hydroxylation is 1. The van der Waals surface area contributed by atoms with Crippen LogP contribution in [0.2, 0.25) is 0 Å². The molecule has 4 saturated carbocycles. The number of nitriles is 1. The fourth-order valence-electron chi connectivity index (χ4n) is 6.60. The van der Waals surface area contributed by atoms with Crippen molar-refractivity contribution < 1.29 is 0 Å². The molecule has 1 heterocycles. The number of hydrogen-bond donors (Lipinski definition) is 3. The highest BCUT2D eigenvalue weighted by Crippen LogP contribution is 2.59. The average Bonchev–Trinajstić information content (AvgIpc) is 2.77. The first-order chi connectivity index (χ1) is 15.0. The van der Waals surface area contributed by atoms with Gasteiger partial charge in [-0.15, -0.1) is 0 Å². The van der Waals surface area contributed by atoms with Crippen LogP contribution < -0.4 is 16.4 Å². The van der Waals surface area contributed by atoms with Gasteiger partial charge in [0.05, 0.1) is 6.20 Å². The smallest absolute Gasteiger partial charge is 0.224 e. The van der Waals surface area contributed by atoms with E-state index in [9.17, 15) is 5.26 Å². The van der Waals surface area contributed by atoms with E-state index >= 15 is 0 Å². The van der Waals surface area contributed by atoms with Crippen LogP contribution in [-0.2, 0) is 6.42 Å². The fraction of sp³-hybridized carbons (Fsp3) is 0.560. The summed E-state index contributed by atoms with van der Waals surface area (Å²) in [5.74, 6) is 3.40. The van der Waals surface area contributed by atoms with Crippen LogP contribution in [0.4, 0.5) is 11.8 Å². The summed E-state index contributed by atoms with van der Waals surface area (Å²) in [5, 5.41) is 16.4. The van der Waals surface area contributed by atoms with Gasteiger partial charge in [-0.3, -0.25) is 0 Å². The second-order valence-electron chi connectivity index (χ2n) is 10.1. The lowest BCUT2D eigenvalue weighted by atomic mass is 9.48. The molecular formula is C25H32N6. The lowest BCUT2D eigenvalue weighted by Crippen LogP contribution is -2.58. The van der Waals surface area contributed by atoms with Crippen molar-refractivity contribution in [2.75, 3.05) is 23.7 Å². The van der Waals surface area contributed by atoms with Gasteiger partial charge in [0.25, 0.3) is 0 Å². The molecule has 1 aromatic carbocycles. The second kappa shape index (κ2) is 8.12. The lowest BCUT2D eigenvalue weighted by Gasteiger charge is -2.59. The van der Waals surface area contributed by atoms with Gasteiger partial charge in [-0.25, -0.2) is 4.98 Å². The highest BCUT2D eigenvalue weighted by molar-refractivity contribution is 5.53. The quantitative estimate of drug-likeness (QED) is 0.633. The van der Waals surface area contributed by atoms with Gasteiger partial charge in [0.15, 0.2) is 0 Å². The summed E-state index contributed by atoms with van der Waals surface area (Å²) in [6, 6.07) is 11.0. The molecule has 0 spiro atoms. The zero-order valence-corrected chi connectivity index (χ0v) is 18.3. The van der Waals surface area contributed by atoms with E-state index in [1.54, 1.807) is 6.20 Å². The molecule has 6 heteroatoms. The summed E-state index contributed by atoms with van der Waals surface area (Å²) >= 11 is 0. The highest BCUT2D eigenvalue weighted by atomic mass is 15.1. The number of benzene rings is 1. The van der Waals surface area contributed by atoms with Crippen LogP contribution in [0.1, 0.15) is 48.8 Å². The molecule has 31 heavy (non-hydrogen) atoms. The first kappa shape index (κ1) is 20.3. The number of hydrogen-bond acceptors (Lipinski definition) is 6. The molecule has 4 aliphatic carbocycles. The minimum atomic E-state index is 0.308. The molecule has 1 unspecified atom stereocenters. The zero-order chi connectivity index (χ0) is 21.4. The number of nitrogens with zero attached hydrogens (tertiary/aromatic N) is 3. The van der Waals surface area contributed by atoms with Crippen LogP contribution in [-0.4, -0.2) is 29.1 Å².